The minimum atomic E-state index is -0.456. The Balaban J connectivity index is 1.21. The molecule has 1 amide bonds. The van der Waals surface area contributed by atoms with Gasteiger partial charge in [0.2, 0.25) is 5.82 Å². The highest BCUT2D eigenvalue weighted by molar-refractivity contribution is 5.90. The number of piperidine rings is 1. The minimum absolute atomic E-state index is 0.115. The van der Waals surface area contributed by atoms with E-state index in [9.17, 15) is 4.79 Å². The van der Waals surface area contributed by atoms with Gasteiger partial charge in [-0.3, -0.25) is 9.69 Å². The summed E-state index contributed by atoms with van der Waals surface area (Å²) in [6, 6.07) is 12.2. The van der Waals surface area contributed by atoms with Gasteiger partial charge in [-0.2, -0.15) is 4.98 Å². The normalized spacial score (nSPS) is 17.0. The number of fused-ring (bicyclic) bond motifs is 1. The molecule has 1 atom stereocenters. The Bertz CT molecular complexity index is 1250. The molecule has 172 valence electrons. The van der Waals surface area contributed by atoms with Crippen LogP contribution in [0.2, 0.25) is 0 Å². The fraction of sp³-hybridized carbons (Fsp3) is 0.400. The number of aromatic nitrogens is 2. The Morgan fingerprint density at radius 3 is 2.85 bits per heavy atom. The van der Waals surface area contributed by atoms with E-state index in [4.69, 9.17) is 13.4 Å². The van der Waals surface area contributed by atoms with Gasteiger partial charge in [0.25, 0.3) is 0 Å². The third-order valence-electron chi connectivity index (χ3n) is 6.39. The molecule has 4 aromatic rings. The van der Waals surface area contributed by atoms with E-state index in [0.717, 1.165) is 41.8 Å². The zero-order valence-electron chi connectivity index (χ0n) is 19.0. The van der Waals surface area contributed by atoms with E-state index in [0.29, 0.717) is 17.6 Å². The SMILES string of the molecule is CC[C@@H]1CCCCN1Cc1ccc(CNC(=O)c2nc(-c3oc4ccccc4c3C)no2)o1. The Morgan fingerprint density at radius 1 is 1.15 bits per heavy atom. The zero-order chi connectivity index (χ0) is 22.8. The summed E-state index contributed by atoms with van der Waals surface area (Å²) in [7, 11) is 0. The number of likely N-dealkylation sites (tertiary alicyclic amines) is 1. The van der Waals surface area contributed by atoms with Gasteiger partial charge in [0, 0.05) is 17.0 Å². The van der Waals surface area contributed by atoms with E-state index >= 15 is 0 Å². The van der Waals surface area contributed by atoms with Gasteiger partial charge < -0.3 is 18.7 Å². The standard InChI is InChI=1S/C25H28N4O4/c1-3-17-8-6-7-13-29(17)15-19-12-11-18(31-19)14-26-24(30)25-27-23(28-33-25)22-16(2)20-9-4-5-10-21(20)32-22/h4-5,9-12,17H,3,6-8,13-15H2,1-2H3,(H,26,30)/t17-/m1/s1. The number of hydrogen-bond acceptors (Lipinski definition) is 7. The molecule has 4 heterocycles. The van der Waals surface area contributed by atoms with Gasteiger partial charge in [-0.15, -0.1) is 0 Å². The van der Waals surface area contributed by atoms with Crippen molar-refractivity contribution in [3.8, 4) is 11.6 Å². The number of hydrogen-bond donors (Lipinski definition) is 1. The summed E-state index contributed by atoms with van der Waals surface area (Å²) in [6.45, 7) is 6.33. The molecule has 33 heavy (non-hydrogen) atoms. The van der Waals surface area contributed by atoms with Gasteiger partial charge in [-0.1, -0.05) is 36.7 Å². The molecule has 3 aromatic heterocycles. The first-order valence-electron chi connectivity index (χ1n) is 11.5. The molecule has 1 fully saturated rings. The van der Waals surface area contributed by atoms with E-state index in [-0.39, 0.29) is 18.3 Å². The summed E-state index contributed by atoms with van der Waals surface area (Å²) in [5, 5.41) is 7.70. The lowest BCUT2D eigenvalue weighted by Crippen LogP contribution is -2.38. The molecule has 0 saturated carbocycles. The number of carbonyl (C=O) groups is 1. The monoisotopic (exact) mass is 448 g/mol. The predicted molar refractivity (Wildman–Crippen MR) is 122 cm³/mol. The van der Waals surface area contributed by atoms with Crippen LogP contribution in [0.5, 0.6) is 0 Å². The molecule has 5 rings (SSSR count). The summed E-state index contributed by atoms with van der Waals surface area (Å²) in [5.74, 6) is 1.79. The first-order valence-corrected chi connectivity index (χ1v) is 11.5. The highest BCUT2D eigenvalue weighted by Crippen LogP contribution is 2.31. The molecule has 8 heteroatoms. The van der Waals surface area contributed by atoms with Crippen molar-refractivity contribution in [1.29, 1.82) is 0 Å². The van der Waals surface area contributed by atoms with Crippen molar-refractivity contribution in [2.75, 3.05) is 6.54 Å². The lowest BCUT2D eigenvalue weighted by molar-refractivity contribution is 0.0903. The third kappa shape index (κ3) is 4.43. The van der Waals surface area contributed by atoms with Crippen LogP contribution in [0.4, 0.5) is 0 Å². The maximum Gasteiger partial charge on any atom is 0.316 e. The summed E-state index contributed by atoms with van der Waals surface area (Å²) in [4.78, 5) is 19.3. The van der Waals surface area contributed by atoms with Crippen LogP contribution in [0.3, 0.4) is 0 Å². The second kappa shape index (κ2) is 9.23. The highest BCUT2D eigenvalue weighted by Gasteiger charge is 2.23. The fourth-order valence-electron chi connectivity index (χ4n) is 4.57. The van der Waals surface area contributed by atoms with E-state index in [1.807, 2.05) is 43.3 Å². The molecule has 8 nitrogen and oxygen atoms in total. The first kappa shape index (κ1) is 21.5. The quantitative estimate of drug-likeness (QED) is 0.421. The smallest absolute Gasteiger partial charge is 0.316 e. The molecule has 0 aliphatic carbocycles. The number of amides is 1. The molecule has 0 radical (unpaired) electrons. The Morgan fingerprint density at radius 2 is 2.00 bits per heavy atom. The lowest BCUT2D eigenvalue weighted by Gasteiger charge is -2.34. The van der Waals surface area contributed by atoms with Crippen LogP contribution in [-0.4, -0.2) is 33.5 Å². The van der Waals surface area contributed by atoms with Crippen LogP contribution >= 0.6 is 0 Å². The van der Waals surface area contributed by atoms with Crippen molar-refractivity contribution in [2.45, 2.75) is 58.7 Å². The Kier molecular flexibility index (Phi) is 6.00. The summed E-state index contributed by atoms with van der Waals surface area (Å²) in [5.41, 5.74) is 1.64. The number of nitrogens with zero attached hydrogens (tertiary/aromatic N) is 3. The topological polar surface area (TPSA) is 97.5 Å². The summed E-state index contributed by atoms with van der Waals surface area (Å²) < 4.78 is 17.0. The van der Waals surface area contributed by atoms with Crippen molar-refractivity contribution in [2.24, 2.45) is 0 Å². The number of para-hydroxylation sites is 1. The van der Waals surface area contributed by atoms with Crippen LogP contribution in [0.1, 0.15) is 60.4 Å². The van der Waals surface area contributed by atoms with E-state index < -0.39 is 5.91 Å². The van der Waals surface area contributed by atoms with Gasteiger partial charge >= 0.3 is 11.8 Å². The van der Waals surface area contributed by atoms with Gasteiger partial charge in [-0.25, -0.2) is 0 Å². The van der Waals surface area contributed by atoms with Crippen LogP contribution in [0.25, 0.3) is 22.6 Å². The maximum absolute atomic E-state index is 12.5. The van der Waals surface area contributed by atoms with Gasteiger partial charge in [0.15, 0.2) is 5.76 Å². The number of rotatable bonds is 7. The Labute approximate surface area is 191 Å². The molecule has 0 bridgehead atoms. The van der Waals surface area contributed by atoms with Gasteiger partial charge in [-0.05, 0) is 50.9 Å². The number of benzene rings is 1. The number of carbonyl (C=O) groups excluding carboxylic acids is 1. The number of nitrogens with one attached hydrogen (secondary N) is 1. The number of furan rings is 2. The van der Waals surface area contributed by atoms with E-state index in [1.54, 1.807) is 0 Å². The molecular weight excluding hydrogens is 420 g/mol. The minimum Gasteiger partial charge on any atom is -0.463 e. The van der Waals surface area contributed by atoms with Crippen LogP contribution < -0.4 is 5.32 Å². The van der Waals surface area contributed by atoms with Crippen molar-refractivity contribution < 1.29 is 18.2 Å². The molecule has 1 N–H and O–H groups in total. The molecule has 1 saturated heterocycles. The average molecular weight is 449 g/mol. The van der Waals surface area contributed by atoms with Crippen molar-refractivity contribution in [3.63, 3.8) is 0 Å². The molecule has 1 aromatic carbocycles. The lowest BCUT2D eigenvalue weighted by atomic mass is 10.00. The third-order valence-corrected chi connectivity index (χ3v) is 6.39. The second-order valence-corrected chi connectivity index (χ2v) is 8.55. The summed E-state index contributed by atoms with van der Waals surface area (Å²) >= 11 is 0. The molecular formula is C25H28N4O4. The largest absolute Gasteiger partial charge is 0.463 e. The predicted octanol–water partition coefficient (Wildman–Crippen LogP) is 5.08. The maximum atomic E-state index is 12.5. The molecule has 1 aliphatic heterocycles. The van der Waals surface area contributed by atoms with Gasteiger partial charge in [0.05, 0.1) is 13.1 Å². The van der Waals surface area contributed by atoms with Crippen molar-refractivity contribution in [3.05, 3.63) is 59.4 Å². The highest BCUT2D eigenvalue weighted by atomic mass is 16.5. The van der Waals surface area contributed by atoms with Crippen molar-refractivity contribution >= 4 is 16.9 Å². The second-order valence-electron chi connectivity index (χ2n) is 8.55. The molecule has 0 unspecified atom stereocenters. The fourth-order valence-corrected chi connectivity index (χ4v) is 4.57. The zero-order valence-corrected chi connectivity index (χ0v) is 19.0. The van der Waals surface area contributed by atoms with E-state index in [1.165, 1.54) is 19.3 Å². The molecule has 1 aliphatic rings. The van der Waals surface area contributed by atoms with Gasteiger partial charge in [0.1, 0.15) is 17.1 Å². The van der Waals surface area contributed by atoms with Crippen LogP contribution in [-0.2, 0) is 13.1 Å². The van der Waals surface area contributed by atoms with Crippen LogP contribution in [0, 0.1) is 6.92 Å². The molecule has 0 spiro atoms. The van der Waals surface area contributed by atoms with Crippen LogP contribution in [0.15, 0.2) is 49.8 Å². The number of aryl methyl sites for hydroxylation is 1. The average Bonchev–Trinajstić information content (AvgIpc) is 3.57. The Hall–Kier alpha value is -3.39. The van der Waals surface area contributed by atoms with Crippen molar-refractivity contribution in [1.82, 2.24) is 20.4 Å². The summed E-state index contributed by atoms with van der Waals surface area (Å²) in [6.07, 6.45) is 4.95. The first-order chi connectivity index (χ1) is 16.1. The van der Waals surface area contributed by atoms with E-state index in [2.05, 4.69) is 27.3 Å².